The van der Waals surface area contributed by atoms with Crippen LogP contribution in [0.25, 0.3) is 0 Å². The van der Waals surface area contributed by atoms with Gasteiger partial charge in [0, 0.05) is 37.3 Å². The van der Waals surface area contributed by atoms with Gasteiger partial charge in [-0.25, -0.2) is 0 Å². The van der Waals surface area contributed by atoms with Crippen LogP contribution in [-0.4, -0.2) is 61.9 Å². The number of carbonyl (C=O) groups excluding carboxylic acids is 2. The molecule has 264 valence electrons. The van der Waals surface area contributed by atoms with Crippen molar-refractivity contribution in [2.45, 2.75) is 136 Å². The Morgan fingerprint density at radius 1 is 0.511 bits per heavy atom. The number of carbonyl (C=O) groups is 2. The summed E-state index contributed by atoms with van der Waals surface area (Å²) in [6, 6.07) is 16.2. The van der Waals surface area contributed by atoms with Gasteiger partial charge >= 0.3 is 0 Å². The quantitative estimate of drug-likeness (QED) is 0.0902. The van der Waals surface area contributed by atoms with Crippen LogP contribution in [0.15, 0.2) is 48.5 Å². The number of unbranched alkanes of at least 4 members (excludes halogenated alkanes) is 14. The predicted molar refractivity (Wildman–Crippen MR) is 202 cm³/mol. The van der Waals surface area contributed by atoms with E-state index in [2.05, 4.69) is 72.6 Å². The molecule has 0 bridgehead atoms. The van der Waals surface area contributed by atoms with Gasteiger partial charge in [0.1, 0.15) is 0 Å². The second kappa shape index (κ2) is 26.3. The van der Waals surface area contributed by atoms with Crippen LogP contribution in [0.5, 0.6) is 0 Å². The molecule has 2 aromatic rings. The lowest BCUT2D eigenvalue weighted by molar-refractivity contribution is -0.117. The van der Waals surface area contributed by atoms with Crippen LogP contribution in [0.3, 0.4) is 0 Å². The van der Waals surface area contributed by atoms with Crippen molar-refractivity contribution in [2.24, 2.45) is 0 Å². The molecule has 0 atom stereocenters. The van der Waals surface area contributed by atoms with E-state index in [1.807, 2.05) is 24.3 Å². The standard InChI is InChI=1S/C41H68N4O2/c1-5-7-9-11-13-15-17-19-29-44(3)31-27-40(46)42-38-25-21-23-36(34-38)33-37-24-22-26-39(35-37)43-41(47)28-32-45(4)30-20-18-16-14-12-10-8-6-2/h21-26,34-35H,5-20,27-33H2,1-4H3,(H,42,46)(H,43,47). The highest BCUT2D eigenvalue weighted by atomic mass is 16.2. The molecule has 0 saturated carbocycles. The van der Waals surface area contributed by atoms with Crippen LogP contribution < -0.4 is 10.6 Å². The molecule has 0 heterocycles. The Kier molecular flexibility index (Phi) is 22.6. The molecule has 6 nitrogen and oxygen atoms in total. The summed E-state index contributed by atoms with van der Waals surface area (Å²) in [5, 5.41) is 6.17. The summed E-state index contributed by atoms with van der Waals surface area (Å²) >= 11 is 0. The highest BCUT2D eigenvalue weighted by molar-refractivity contribution is 5.91. The summed E-state index contributed by atoms with van der Waals surface area (Å²) in [7, 11) is 4.23. The molecule has 0 aromatic heterocycles. The first-order chi connectivity index (χ1) is 22.9. The van der Waals surface area contributed by atoms with E-state index in [4.69, 9.17) is 0 Å². The maximum absolute atomic E-state index is 12.7. The van der Waals surface area contributed by atoms with Gasteiger partial charge in [0.25, 0.3) is 0 Å². The minimum absolute atomic E-state index is 0.0538. The topological polar surface area (TPSA) is 64.7 Å². The average Bonchev–Trinajstić information content (AvgIpc) is 3.05. The number of rotatable bonds is 28. The molecule has 6 heteroatoms. The molecule has 0 fully saturated rings. The van der Waals surface area contributed by atoms with Crippen molar-refractivity contribution in [3.63, 3.8) is 0 Å². The Hall–Kier alpha value is -2.70. The molecule has 2 N–H and O–H groups in total. The summed E-state index contributed by atoms with van der Waals surface area (Å²) < 4.78 is 0. The van der Waals surface area contributed by atoms with Crippen molar-refractivity contribution in [1.29, 1.82) is 0 Å². The van der Waals surface area contributed by atoms with E-state index in [0.29, 0.717) is 12.8 Å². The number of anilines is 2. The fraction of sp³-hybridized carbons (Fsp3) is 0.659. The van der Waals surface area contributed by atoms with Gasteiger partial charge in [-0.1, -0.05) is 128 Å². The zero-order valence-corrected chi connectivity index (χ0v) is 30.6. The van der Waals surface area contributed by atoms with Gasteiger partial charge in [-0.05, 0) is 81.8 Å². The van der Waals surface area contributed by atoms with E-state index in [0.717, 1.165) is 55.1 Å². The lowest BCUT2D eigenvalue weighted by atomic mass is 10.0. The first-order valence-electron chi connectivity index (χ1n) is 19.0. The van der Waals surface area contributed by atoms with Gasteiger partial charge in [-0.2, -0.15) is 0 Å². The number of amides is 2. The summed E-state index contributed by atoms with van der Waals surface area (Å²) in [5.74, 6) is 0.108. The van der Waals surface area contributed by atoms with Crippen LogP contribution >= 0.6 is 0 Å². The maximum atomic E-state index is 12.7. The molecular weight excluding hydrogens is 580 g/mol. The predicted octanol–water partition coefficient (Wildman–Crippen LogP) is 10.1. The highest BCUT2D eigenvalue weighted by Crippen LogP contribution is 2.18. The van der Waals surface area contributed by atoms with E-state index in [1.54, 1.807) is 0 Å². The van der Waals surface area contributed by atoms with Crippen LogP contribution in [0, 0.1) is 0 Å². The molecule has 0 aliphatic rings. The van der Waals surface area contributed by atoms with Crippen molar-refractivity contribution in [1.82, 2.24) is 9.80 Å². The average molecular weight is 649 g/mol. The first-order valence-corrected chi connectivity index (χ1v) is 19.0. The normalized spacial score (nSPS) is 11.4. The van der Waals surface area contributed by atoms with Crippen LogP contribution in [0.4, 0.5) is 11.4 Å². The van der Waals surface area contributed by atoms with Crippen molar-refractivity contribution < 1.29 is 9.59 Å². The van der Waals surface area contributed by atoms with Crippen LogP contribution in [0.1, 0.15) is 141 Å². The third-order valence-electron chi connectivity index (χ3n) is 9.06. The van der Waals surface area contributed by atoms with E-state index >= 15 is 0 Å². The number of hydrogen-bond donors (Lipinski definition) is 2. The molecule has 0 spiro atoms. The Morgan fingerprint density at radius 2 is 0.872 bits per heavy atom. The first kappa shape index (κ1) is 40.5. The van der Waals surface area contributed by atoms with Crippen molar-refractivity contribution in [3.8, 4) is 0 Å². The number of nitrogens with zero attached hydrogens (tertiary/aromatic N) is 2. The van der Waals surface area contributed by atoms with Gasteiger partial charge in [-0.3, -0.25) is 9.59 Å². The Balaban J connectivity index is 1.66. The molecule has 0 radical (unpaired) electrons. The second-order valence-electron chi connectivity index (χ2n) is 13.7. The van der Waals surface area contributed by atoms with Crippen molar-refractivity contribution >= 4 is 23.2 Å². The molecule has 0 saturated heterocycles. The molecule has 2 rings (SSSR count). The maximum Gasteiger partial charge on any atom is 0.225 e. The smallest absolute Gasteiger partial charge is 0.225 e. The van der Waals surface area contributed by atoms with Gasteiger partial charge in [0.2, 0.25) is 11.8 Å². The van der Waals surface area contributed by atoms with Crippen molar-refractivity contribution in [3.05, 3.63) is 59.7 Å². The van der Waals surface area contributed by atoms with Gasteiger partial charge in [0.15, 0.2) is 0 Å². The van der Waals surface area contributed by atoms with E-state index in [1.165, 1.54) is 103 Å². The van der Waals surface area contributed by atoms with E-state index in [-0.39, 0.29) is 11.8 Å². The van der Waals surface area contributed by atoms with Gasteiger partial charge < -0.3 is 20.4 Å². The van der Waals surface area contributed by atoms with Gasteiger partial charge in [-0.15, -0.1) is 0 Å². The van der Waals surface area contributed by atoms with Crippen molar-refractivity contribution in [2.75, 3.05) is 50.9 Å². The Bertz CT molecular complexity index is 1020. The molecule has 47 heavy (non-hydrogen) atoms. The summed E-state index contributed by atoms with van der Waals surface area (Å²) in [4.78, 5) is 29.9. The summed E-state index contributed by atoms with van der Waals surface area (Å²) in [6.07, 6.45) is 22.9. The Morgan fingerprint density at radius 3 is 1.26 bits per heavy atom. The van der Waals surface area contributed by atoms with E-state index in [9.17, 15) is 9.59 Å². The third-order valence-corrected chi connectivity index (χ3v) is 9.06. The number of hydrogen-bond acceptors (Lipinski definition) is 4. The van der Waals surface area contributed by atoms with Crippen LogP contribution in [0.2, 0.25) is 0 Å². The third kappa shape index (κ3) is 21.0. The molecule has 0 aliphatic carbocycles. The molecular formula is C41H68N4O2. The van der Waals surface area contributed by atoms with E-state index < -0.39 is 0 Å². The fourth-order valence-electron chi connectivity index (χ4n) is 6.04. The lowest BCUT2D eigenvalue weighted by Crippen LogP contribution is -2.25. The summed E-state index contributed by atoms with van der Waals surface area (Å²) in [5.41, 5.74) is 3.92. The lowest BCUT2D eigenvalue weighted by Gasteiger charge is -2.16. The van der Waals surface area contributed by atoms with Crippen LogP contribution in [-0.2, 0) is 16.0 Å². The molecule has 2 aromatic carbocycles. The zero-order chi connectivity index (χ0) is 34.0. The molecule has 0 aliphatic heterocycles. The highest BCUT2D eigenvalue weighted by Gasteiger charge is 2.09. The fourth-order valence-corrected chi connectivity index (χ4v) is 6.04. The molecule has 0 unspecified atom stereocenters. The Labute approximate surface area is 288 Å². The molecule has 2 amide bonds. The summed E-state index contributed by atoms with van der Waals surface area (Å²) in [6.45, 7) is 8.17. The minimum atomic E-state index is 0.0538. The monoisotopic (exact) mass is 649 g/mol. The zero-order valence-electron chi connectivity index (χ0n) is 30.6. The SMILES string of the molecule is CCCCCCCCCCN(C)CCC(=O)Nc1cccc(Cc2cccc(NC(=O)CCN(C)CCCCCCCCCC)c2)c1. The number of nitrogens with one attached hydrogen (secondary N) is 2. The van der Waals surface area contributed by atoms with Gasteiger partial charge in [0.05, 0.1) is 0 Å². The largest absolute Gasteiger partial charge is 0.326 e. The second-order valence-corrected chi connectivity index (χ2v) is 13.7. The minimum Gasteiger partial charge on any atom is -0.326 e. The number of benzene rings is 2.